The molecule has 0 saturated heterocycles. The standard InChI is InChI=1S/C11H14N2O5/c1-17-11(16)8-9(14)6-5-13(18-2)4-3-7(6)12-10(8)15/h3-5H2,1-2H3,(H2,12,14,15). The van der Waals surface area contributed by atoms with Gasteiger partial charge in [0.25, 0.3) is 5.56 Å². The molecule has 1 aromatic heterocycles. The Balaban J connectivity index is 2.54. The highest BCUT2D eigenvalue weighted by molar-refractivity contribution is 5.92. The van der Waals surface area contributed by atoms with Crippen molar-refractivity contribution in [2.45, 2.75) is 13.0 Å². The van der Waals surface area contributed by atoms with Gasteiger partial charge in [0.15, 0.2) is 5.56 Å². The summed E-state index contributed by atoms with van der Waals surface area (Å²) in [4.78, 5) is 30.8. The molecule has 0 fully saturated rings. The van der Waals surface area contributed by atoms with Gasteiger partial charge in [-0.25, -0.2) is 4.79 Å². The van der Waals surface area contributed by atoms with Crippen LogP contribution in [-0.4, -0.2) is 41.9 Å². The molecule has 0 aromatic carbocycles. The van der Waals surface area contributed by atoms with Crippen LogP contribution in [0.4, 0.5) is 0 Å². The van der Waals surface area contributed by atoms with E-state index in [4.69, 9.17) is 4.84 Å². The summed E-state index contributed by atoms with van der Waals surface area (Å²) in [5.74, 6) is -1.19. The van der Waals surface area contributed by atoms with Crippen molar-refractivity contribution >= 4 is 5.97 Å². The molecule has 7 nitrogen and oxygen atoms in total. The summed E-state index contributed by atoms with van der Waals surface area (Å²) in [7, 11) is 2.68. The maximum atomic E-state index is 11.7. The van der Waals surface area contributed by atoms with Crippen molar-refractivity contribution in [2.24, 2.45) is 0 Å². The van der Waals surface area contributed by atoms with Gasteiger partial charge in [-0.05, 0) is 0 Å². The Morgan fingerprint density at radius 2 is 2.17 bits per heavy atom. The fourth-order valence-electron chi connectivity index (χ4n) is 2.00. The second-order valence-electron chi connectivity index (χ2n) is 3.92. The molecular weight excluding hydrogens is 240 g/mol. The molecule has 1 aromatic rings. The van der Waals surface area contributed by atoms with Crippen molar-refractivity contribution < 1.29 is 19.5 Å². The first kappa shape index (κ1) is 12.6. The summed E-state index contributed by atoms with van der Waals surface area (Å²) >= 11 is 0. The Morgan fingerprint density at radius 1 is 1.44 bits per heavy atom. The minimum Gasteiger partial charge on any atom is -0.506 e. The van der Waals surface area contributed by atoms with Crippen LogP contribution >= 0.6 is 0 Å². The molecule has 98 valence electrons. The molecule has 0 saturated carbocycles. The zero-order chi connectivity index (χ0) is 13.3. The van der Waals surface area contributed by atoms with Crippen LogP contribution in [0.25, 0.3) is 0 Å². The number of aromatic hydroxyl groups is 1. The summed E-state index contributed by atoms with van der Waals surface area (Å²) in [6, 6.07) is 0. The monoisotopic (exact) mass is 254 g/mol. The third-order valence-electron chi connectivity index (χ3n) is 2.97. The number of hydroxylamine groups is 2. The number of methoxy groups -OCH3 is 1. The van der Waals surface area contributed by atoms with Crippen LogP contribution in [0.5, 0.6) is 5.75 Å². The number of ether oxygens (including phenoxy) is 1. The number of rotatable bonds is 2. The number of aromatic amines is 1. The summed E-state index contributed by atoms with van der Waals surface area (Å²) < 4.78 is 4.48. The zero-order valence-electron chi connectivity index (χ0n) is 10.1. The van der Waals surface area contributed by atoms with Crippen LogP contribution in [0.2, 0.25) is 0 Å². The number of hydrogen-bond acceptors (Lipinski definition) is 6. The van der Waals surface area contributed by atoms with Gasteiger partial charge < -0.3 is 19.7 Å². The van der Waals surface area contributed by atoms with E-state index in [2.05, 4.69) is 9.72 Å². The molecule has 2 heterocycles. The SMILES string of the molecule is COC(=O)c1c(O)c2c([nH]c1=O)CCN(OC)C2. The van der Waals surface area contributed by atoms with Gasteiger partial charge in [-0.3, -0.25) is 4.79 Å². The number of nitrogens with zero attached hydrogens (tertiary/aromatic N) is 1. The van der Waals surface area contributed by atoms with Crippen molar-refractivity contribution in [3.8, 4) is 5.75 Å². The molecule has 0 unspecified atom stereocenters. The summed E-state index contributed by atoms with van der Waals surface area (Å²) in [6.45, 7) is 0.912. The number of pyridine rings is 1. The van der Waals surface area contributed by atoms with Gasteiger partial charge in [0, 0.05) is 24.2 Å². The van der Waals surface area contributed by atoms with Crippen LogP contribution in [0.15, 0.2) is 4.79 Å². The third kappa shape index (κ3) is 1.98. The molecule has 0 amide bonds. The van der Waals surface area contributed by atoms with Crippen LogP contribution < -0.4 is 5.56 Å². The van der Waals surface area contributed by atoms with Crippen molar-refractivity contribution in [3.63, 3.8) is 0 Å². The molecule has 0 aliphatic carbocycles. The van der Waals surface area contributed by atoms with E-state index in [9.17, 15) is 14.7 Å². The van der Waals surface area contributed by atoms with E-state index in [1.54, 1.807) is 5.06 Å². The van der Waals surface area contributed by atoms with Gasteiger partial charge >= 0.3 is 5.97 Å². The lowest BCUT2D eigenvalue weighted by atomic mass is 10.0. The van der Waals surface area contributed by atoms with Crippen LogP contribution in [0.1, 0.15) is 21.6 Å². The lowest BCUT2D eigenvalue weighted by Gasteiger charge is -2.26. The number of nitrogens with one attached hydrogen (secondary N) is 1. The first-order valence-electron chi connectivity index (χ1n) is 5.42. The molecule has 0 atom stereocenters. The molecule has 18 heavy (non-hydrogen) atoms. The fourth-order valence-corrected chi connectivity index (χ4v) is 2.00. The predicted octanol–water partition coefficient (Wildman–Crippen LogP) is -0.213. The van der Waals surface area contributed by atoms with E-state index in [-0.39, 0.29) is 11.3 Å². The molecule has 1 aliphatic heterocycles. The average molecular weight is 254 g/mol. The Kier molecular flexibility index (Phi) is 3.35. The Morgan fingerprint density at radius 3 is 2.78 bits per heavy atom. The van der Waals surface area contributed by atoms with Crippen molar-refractivity contribution in [3.05, 3.63) is 27.2 Å². The second-order valence-corrected chi connectivity index (χ2v) is 3.92. The topological polar surface area (TPSA) is 91.9 Å². The first-order valence-corrected chi connectivity index (χ1v) is 5.42. The lowest BCUT2D eigenvalue weighted by Crippen LogP contribution is -2.33. The smallest absolute Gasteiger partial charge is 0.347 e. The van der Waals surface area contributed by atoms with Gasteiger partial charge in [-0.2, -0.15) is 5.06 Å². The number of fused-ring (bicyclic) bond motifs is 1. The average Bonchev–Trinajstić information content (AvgIpc) is 2.38. The van der Waals surface area contributed by atoms with Gasteiger partial charge in [-0.15, -0.1) is 0 Å². The van der Waals surface area contributed by atoms with Gasteiger partial charge in [-0.1, -0.05) is 0 Å². The maximum absolute atomic E-state index is 11.7. The first-order chi connectivity index (χ1) is 8.58. The number of aromatic nitrogens is 1. The number of hydrogen-bond donors (Lipinski definition) is 2. The Hall–Kier alpha value is -1.86. The normalized spacial score (nSPS) is 15.2. The van der Waals surface area contributed by atoms with E-state index < -0.39 is 11.5 Å². The van der Waals surface area contributed by atoms with Crippen molar-refractivity contribution in [1.29, 1.82) is 0 Å². The molecule has 7 heteroatoms. The summed E-state index contributed by atoms with van der Waals surface area (Å²) in [5.41, 5.74) is 0.111. The van der Waals surface area contributed by atoms with E-state index >= 15 is 0 Å². The van der Waals surface area contributed by atoms with E-state index in [0.717, 1.165) is 7.11 Å². The number of carbonyl (C=O) groups excluding carboxylic acids is 1. The van der Waals surface area contributed by atoms with Gasteiger partial charge in [0.1, 0.15) is 5.75 Å². The highest BCUT2D eigenvalue weighted by atomic mass is 16.7. The van der Waals surface area contributed by atoms with E-state index in [1.165, 1.54) is 7.11 Å². The third-order valence-corrected chi connectivity index (χ3v) is 2.97. The minimum atomic E-state index is -0.855. The second kappa shape index (κ2) is 4.79. The Bertz CT molecular complexity index is 537. The van der Waals surface area contributed by atoms with Crippen LogP contribution in [0.3, 0.4) is 0 Å². The summed E-state index contributed by atoms with van der Waals surface area (Å²) in [6.07, 6.45) is 0.535. The van der Waals surface area contributed by atoms with E-state index in [1.807, 2.05) is 0 Å². The molecular formula is C11H14N2O5. The number of esters is 1. The largest absolute Gasteiger partial charge is 0.506 e. The Labute approximate surface area is 103 Å². The molecule has 0 spiro atoms. The quantitative estimate of drug-likeness (QED) is 0.709. The number of carbonyl (C=O) groups is 1. The number of H-pyrrole nitrogens is 1. The van der Waals surface area contributed by atoms with Crippen LogP contribution in [-0.2, 0) is 22.5 Å². The fraction of sp³-hybridized carbons (Fsp3) is 0.455. The van der Waals surface area contributed by atoms with Gasteiger partial charge in [0.05, 0.1) is 20.8 Å². The summed E-state index contributed by atoms with van der Waals surface area (Å²) in [5, 5.41) is 11.7. The van der Waals surface area contributed by atoms with Crippen molar-refractivity contribution in [1.82, 2.24) is 10.0 Å². The molecule has 1 aliphatic rings. The zero-order valence-corrected chi connectivity index (χ0v) is 10.1. The minimum absolute atomic E-state index is 0.304. The van der Waals surface area contributed by atoms with E-state index in [0.29, 0.717) is 30.8 Å². The lowest BCUT2D eigenvalue weighted by molar-refractivity contribution is -0.142. The molecule has 0 bridgehead atoms. The predicted molar refractivity (Wildman–Crippen MR) is 61.2 cm³/mol. The molecule has 2 N–H and O–H groups in total. The molecule has 0 radical (unpaired) electrons. The highest BCUT2D eigenvalue weighted by Crippen LogP contribution is 2.27. The van der Waals surface area contributed by atoms with Crippen LogP contribution in [0, 0.1) is 0 Å². The highest BCUT2D eigenvalue weighted by Gasteiger charge is 2.26. The molecule has 2 rings (SSSR count). The van der Waals surface area contributed by atoms with Crippen molar-refractivity contribution in [2.75, 3.05) is 20.8 Å². The van der Waals surface area contributed by atoms with Gasteiger partial charge in [0.2, 0.25) is 0 Å². The maximum Gasteiger partial charge on any atom is 0.347 e.